The van der Waals surface area contributed by atoms with Crippen LogP contribution in [0.3, 0.4) is 0 Å². The second kappa shape index (κ2) is 9.12. The van der Waals surface area contributed by atoms with Crippen molar-refractivity contribution >= 4 is 25.8 Å². The monoisotopic (exact) mass is 161 g/mol. The Morgan fingerprint density at radius 3 is 1.25 bits per heavy atom. The van der Waals surface area contributed by atoms with Crippen LogP contribution in [0, 0.1) is 6.42 Å². The molecule has 1 radical (unpaired) electrons. The normalized spacial score (nSPS) is 4.50. The minimum absolute atomic E-state index is 0. The van der Waals surface area contributed by atoms with Gasteiger partial charge < -0.3 is 0 Å². The molecule has 0 amide bonds. The maximum absolute atomic E-state index is 2.00. The fourth-order valence-electron chi connectivity index (χ4n) is 0. The molecule has 0 rings (SSSR count). The molecule has 0 aromatic carbocycles. The van der Waals surface area contributed by atoms with E-state index >= 15 is 0 Å². The molecule has 0 nitrogen and oxygen atoms in total. The van der Waals surface area contributed by atoms with Crippen LogP contribution in [0.15, 0.2) is 0 Å². The van der Waals surface area contributed by atoms with Crippen LogP contribution in [-0.2, 0) is 0 Å². The molecular weight excluding hydrogens is 151 g/mol. The predicted molar refractivity (Wildman–Crippen MR) is 25.6 cm³/mol. The van der Waals surface area contributed by atoms with Crippen molar-refractivity contribution in [2.75, 3.05) is 0 Å². The molecule has 1 heteroatoms. The number of hydrogen-bond donors (Lipinski definition) is 0. The average Bonchev–Trinajstić information content (AvgIpc) is 0.918. The third-order valence-electron chi connectivity index (χ3n) is 0. The van der Waals surface area contributed by atoms with Crippen molar-refractivity contribution < 1.29 is 0 Å². The molecule has 0 N–H and O–H groups in total. The fourth-order valence-corrected chi connectivity index (χ4v) is 0. The van der Waals surface area contributed by atoms with Crippen LogP contribution in [0.1, 0.15) is 13.8 Å². The standard InChI is InChI=1S/C3H7.In.3H/c1-3-2;;;;/h3H,1-2H3;;;;. The molecule has 0 aliphatic heterocycles. The van der Waals surface area contributed by atoms with Gasteiger partial charge in [0.05, 0.1) is 0 Å². The first-order valence-electron chi connectivity index (χ1n) is 1.15. The Labute approximate surface area is 46.4 Å². The summed E-state index contributed by atoms with van der Waals surface area (Å²) in [5.74, 6) is 0. The van der Waals surface area contributed by atoms with Gasteiger partial charge in [0, 0.05) is 0 Å². The molecule has 0 saturated heterocycles. The van der Waals surface area contributed by atoms with E-state index in [4.69, 9.17) is 0 Å². The van der Waals surface area contributed by atoms with Gasteiger partial charge in [-0.1, -0.05) is 13.8 Å². The zero-order valence-corrected chi connectivity index (χ0v) is 2.58. The molecule has 0 aromatic rings. The molecule has 4 heavy (non-hydrogen) atoms. The Hall–Kier alpha value is 0.870. The Kier molecular flexibility index (Phi) is 20.2. The summed E-state index contributed by atoms with van der Waals surface area (Å²) in [6, 6.07) is 0. The van der Waals surface area contributed by atoms with Crippen LogP contribution < -0.4 is 0 Å². The number of rotatable bonds is 0. The van der Waals surface area contributed by atoms with Crippen molar-refractivity contribution in [1.29, 1.82) is 0 Å². The molecule has 0 atom stereocenters. The fraction of sp³-hybridized carbons (Fsp3) is 0.667. The summed E-state index contributed by atoms with van der Waals surface area (Å²) in [6.07, 6.45) is 2.00. The molecule has 0 aromatic heterocycles. The van der Waals surface area contributed by atoms with Crippen molar-refractivity contribution in [2.45, 2.75) is 13.8 Å². The summed E-state index contributed by atoms with van der Waals surface area (Å²) in [5, 5.41) is 0. The molecule has 0 aliphatic rings. The summed E-state index contributed by atoms with van der Waals surface area (Å²) < 4.78 is 0. The van der Waals surface area contributed by atoms with Crippen LogP contribution in [-0.4, -0.2) is 25.8 Å². The zero-order valence-electron chi connectivity index (χ0n) is 2.58. The second-order valence-corrected chi connectivity index (χ2v) is 0.577. The van der Waals surface area contributed by atoms with Gasteiger partial charge in [-0.3, -0.25) is 0 Å². The molecule has 0 aliphatic carbocycles. The molecule has 0 unspecified atom stereocenters. The van der Waals surface area contributed by atoms with Crippen molar-refractivity contribution in [3.8, 4) is 0 Å². The Morgan fingerprint density at radius 2 is 1.25 bits per heavy atom. The molecule has 0 heterocycles. The summed E-state index contributed by atoms with van der Waals surface area (Å²) in [4.78, 5) is 0. The minimum atomic E-state index is 0. The Bertz CT molecular complexity index is 3.25. The first-order chi connectivity index (χ1) is 1.41. The van der Waals surface area contributed by atoms with E-state index in [1.165, 1.54) is 0 Å². The molecule has 25 valence electrons. The van der Waals surface area contributed by atoms with Crippen LogP contribution in [0.2, 0.25) is 0 Å². The van der Waals surface area contributed by atoms with E-state index in [0.717, 1.165) is 0 Å². The van der Waals surface area contributed by atoms with Crippen molar-refractivity contribution in [1.82, 2.24) is 0 Å². The van der Waals surface area contributed by atoms with E-state index in [1.807, 2.05) is 20.3 Å². The van der Waals surface area contributed by atoms with E-state index in [-0.39, 0.29) is 25.8 Å². The van der Waals surface area contributed by atoms with Gasteiger partial charge in [-0.05, 0) is 6.42 Å². The summed E-state index contributed by atoms with van der Waals surface area (Å²) in [6.45, 7) is 4.00. The van der Waals surface area contributed by atoms with Gasteiger partial charge in [0.2, 0.25) is 0 Å². The van der Waals surface area contributed by atoms with E-state index < -0.39 is 0 Å². The summed E-state index contributed by atoms with van der Waals surface area (Å²) in [5.41, 5.74) is 0. The van der Waals surface area contributed by atoms with Crippen LogP contribution in [0.25, 0.3) is 0 Å². The third-order valence-corrected chi connectivity index (χ3v) is 0. The van der Waals surface area contributed by atoms with Gasteiger partial charge in [0.25, 0.3) is 0 Å². The van der Waals surface area contributed by atoms with Gasteiger partial charge in [-0.2, -0.15) is 0 Å². The zero-order chi connectivity index (χ0) is 2.71. The van der Waals surface area contributed by atoms with Crippen molar-refractivity contribution in [3.63, 3.8) is 0 Å². The second-order valence-electron chi connectivity index (χ2n) is 0.577. The number of hydrogen-bond acceptors (Lipinski definition) is 0. The van der Waals surface area contributed by atoms with E-state index in [9.17, 15) is 0 Å². The molecule has 0 spiro atoms. The van der Waals surface area contributed by atoms with Crippen molar-refractivity contribution in [3.05, 3.63) is 6.42 Å². The van der Waals surface area contributed by atoms with Crippen LogP contribution >= 0.6 is 0 Å². The maximum atomic E-state index is 2.00. The van der Waals surface area contributed by atoms with Gasteiger partial charge in [0.15, 0.2) is 0 Å². The van der Waals surface area contributed by atoms with Gasteiger partial charge in [-0.25, -0.2) is 0 Å². The summed E-state index contributed by atoms with van der Waals surface area (Å²) in [7, 11) is 0. The topological polar surface area (TPSA) is 0 Å². The van der Waals surface area contributed by atoms with Gasteiger partial charge in [0.1, 0.15) is 0 Å². The van der Waals surface area contributed by atoms with E-state index in [1.54, 1.807) is 0 Å². The molecule has 0 fully saturated rings. The van der Waals surface area contributed by atoms with E-state index in [0.29, 0.717) is 0 Å². The quantitative estimate of drug-likeness (QED) is 0.470. The first kappa shape index (κ1) is 8.85. The SMILES string of the molecule is C[CH]C.[InH3]. The average molecular weight is 161 g/mol. The Balaban J connectivity index is 0. The predicted octanol–water partition coefficient (Wildman–Crippen LogP) is 0.0466. The van der Waals surface area contributed by atoms with Crippen LogP contribution in [0.4, 0.5) is 0 Å². The summed E-state index contributed by atoms with van der Waals surface area (Å²) >= 11 is 0. The molecule has 0 bridgehead atoms. The van der Waals surface area contributed by atoms with Crippen molar-refractivity contribution in [2.24, 2.45) is 0 Å². The van der Waals surface area contributed by atoms with Gasteiger partial charge >= 0.3 is 25.8 Å². The molecule has 0 saturated carbocycles. The molecular formula is C3H10In. The van der Waals surface area contributed by atoms with E-state index in [2.05, 4.69) is 0 Å². The van der Waals surface area contributed by atoms with Gasteiger partial charge in [-0.15, -0.1) is 0 Å². The first-order valence-corrected chi connectivity index (χ1v) is 1.15. The third kappa shape index (κ3) is 13.3. The Morgan fingerprint density at radius 1 is 1.25 bits per heavy atom. The van der Waals surface area contributed by atoms with Crippen LogP contribution in [0.5, 0.6) is 0 Å².